The van der Waals surface area contributed by atoms with E-state index in [-0.39, 0.29) is 44.6 Å². The van der Waals surface area contributed by atoms with Crippen molar-refractivity contribution >= 4 is 23.5 Å². The SMILES string of the molecule is CC(CN1CCCC(C(=O)N2CCN(c3ncc(C(F)(F)F)cn3)CC2)C1=O)Nc1cn[nH]c(=O)c1C(F)(F)F. The lowest BCUT2D eigenvalue weighted by atomic mass is 9.94. The van der Waals surface area contributed by atoms with Crippen molar-refractivity contribution in [3.63, 3.8) is 0 Å². The van der Waals surface area contributed by atoms with Crippen LogP contribution in [0.5, 0.6) is 0 Å². The monoisotopic (exact) mass is 576 g/mol. The zero-order valence-electron chi connectivity index (χ0n) is 21.2. The fourth-order valence-electron chi connectivity index (χ4n) is 4.76. The Morgan fingerprint density at radius 3 is 2.27 bits per heavy atom. The highest BCUT2D eigenvalue weighted by atomic mass is 19.4. The van der Waals surface area contributed by atoms with Crippen LogP contribution in [0.25, 0.3) is 0 Å². The molecule has 0 bridgehead atoms. The van der Waals surface area contributed by atoms with Crippen molar-refractivity contribution in [1.82, 2.24) is 30.0 Å². The van der Waals surface area contributed by atoms with Gasteiger partial charge in [-0.1, -0.05) is 0 Å². The van der Waals surface area contributed by atoms with Gasteiger partial charge in [0.1, 0.15) is 11.5 Å². The van der Waals surface area contributed by atoms with Gasteiger partial charge >= 0.3 is 12.4 Å². The van der Waals surface area contributed by atoms with Gasteiger partial charge in [0.2, 0.25) is 17.8 Å². The molecule has 218 valence electrons. The molecule has 2 amide bonds. The Hall–Kier alpha value is -3.92. The summed E-state index contributed by atoms with van der Waals surface area (Å²) in [5.41, 5.74) is -4.30. The average Bonchev–Trinajstić information content (AvgIpc) is 2.88. The van der Waals surface area contributed by atoms with Gasteiger partial charge in [-0.25, -0.2) is 15.1 Å². The van der Waals surface area contributed by atoms with Crippen molar-refractivity contribution in [3.8, 4) is 0 Å². The summed E-state index contributed by atoms with van der Waals surface area (Å²) < 4.78 is 78.2. The Morgan fingerprint density at radius 2 is 1.68 bits per heavy atom. The number of H-pyrrole nitrogens is 1. The quantitative estimate of drug-likeness (QED) is 0.395. The van der Waals surface area contributed by atoms with E-state index in [4.69, 9.17) is 0 Å². The number of carbonyl (C=O) groups is 2. The second kappa shape index (κ2) is 11.3. The lowest BCUT2D eigenvalue weighted by molar-refractivity contribution is -0.150. The van der Waals surface area contributed by atoms with Crippen LogP contribution in [-0.4, -0.2) is 87.1 Å². The number of aromatic nitrogens is 4. The van der Waals surface area contributed by atoms with Crippen LogP contribution in [-0.2, 0) is 21.9 Å². The molecule has 0 aromatic carbocycles. The molecule has 2 aromatic heterocycles. The van der Waals surface area contributed by atoms with Crippen LogP contribution in [0, 0.1) is 5.92 Å². The second-order valence-corrected chi connectivity index (χ2v) is 9.59. The predicted molar refractivity (Wildman–Crippen MR) is 128 cm³/mol. The minimum Gasteiger partial charge on any atom is -0.379 e. The maximum Gasteiger partial charge on any atom is 0.423 e. The van der Waals surface area contributed by atoms with Gasteiger partial charge in [0.25, 0.3) is 5.56 Å². The van der Waals surface area contributed by atoms with E-state index in [1.807, 2.05) is 0 Å². The van der Waals surface area contributed by atoms with Gasteiger partial charge in [0, 0.05) is 57.7 Å². The summed E-state index contributed by atoms with van der Waals surface area (Å²) in [5, 5.41) is 7.76. The number of nitrogens with zero attached hydrogens (tertiary/aromatic N) is 6. The molecule has 40 heavy (non-hydrogen) atoms. The molecule has 0 aliphatic carbocycles. The molecule has 2 aliphatic rings. The number of anilines is 2. The topological polar surface area (TPSA) is 127 Å². The number of nitrogens with one attached hydrogen (secondary N) is 2. The Labute approximate surface area is 223 Å². The molecular weight excluding hydrogens is 550 g/mol. The second-order valence-electron chi connectivity index (χ2n) is 9.59. The highest BCUT2D eigenvalue weighted by molar-refractivity contribution is 6.00. The fourth-order valence-corrected chi connectivity index (χ4v) is 4.76. The molecule has 2 N–H and O–H groups in total. The largest absolute Gasteiger partial charge is 0.423 e. The smallest absolute Gasteiger partial charge is 0.379 e. The molecule has 11 nitrogen and oxygen atoms in total. The third-order valence-corrected chi connectivity index (χ3v) is 6.70. The third kappa shape index (κ3) is 6.44. The lowest BCUT2D eigenvalue weighted by Crippen LogP contribution is -2.55. The first-order valence-corrected chi connectivity index (χ1v) is 12.4. The Morgan fingerprint density at radius 1 is 1.02 bits per heavy atom. The van der Waals surface area contributed by atoms with Crippen molar-refractivity contribution in [1.29, 1.82) is 0 Å². The summed E-state index contributed by atoms with van der Waals surface area (Å²) in [6.07, 6.45) is -6.41. The minimum atomic E-state index is -4.92. The Bertz CT molecular complexity index is 1280. The normalized spacial score (nSPS) is 19.5. The maximum absolute atomic E-state index is 13.3. The number of piperidine rings is 1. The summed E-state index contributed by atoms with van der Waals surface area (Å²) in [6.45, 7) is 2.78. The van der Waals surface area contributed by atoms with E-state index in [2.05, 4.69) is 20.4 Å². The molecule has 0 radical (unpaired) electrons. The van der Waals surface area contributed by atoms with Crippen LogP contribution in [0.15, 0.2) is 23.4 Å². The fraction of sp³-hybridized carbons (Fsp3) is 0.565. The number of piperazine rings is 1. The van der Waals surface area contributed by atoms with E-state index in [9.17, 15) is 40.7 Å². The van der Waals surface area contributed by atoms with Gasteiger partial charge in [-0.05, 0) is 19.8 Å². The van der Waals surface area contributed by atoms with Gasteiger partial charge in [0.05, 0.1) is 17.4 Å². The first kappa shape index (κ1) is 29.1. The number of likely N-dealkylation sites (tertiary alicyclic amines) is 1. The number of hydrogen-bond donors (Lipinski definition) is 2. The third-order valence-electron chi connectivity index (χ3n) is 6.70. The van der Waals surface area contributed by atoms with E-state index in [0.29, 0.717) is 31.8 Å². The van der Waals surface area contributed by atoms with Crippen LogP contribution in [0.3, 0.4) is 0 Å². The molecule has 17 heteroatoms. The number of carbonyl (C=O) groups excluding carboxylic acids is 2. The van der Waals surface area contributed by atoms with Gasteiger partial charge in [-0.2, -0.15) is 31.4 Å². The molecule has 4 heterocycles. The number of alkyl halides is 6. The highest BCUT2D eigenvalue weighted by Gasteiger charge is 2.40. The Balaban J connectivity index is 1.34. The van der Waals surface area contributed by atoms with Crippen LogP contribution >= 0.6 is 0 Å². The van der Waals surface area contributed by atoms with Gasteiger partial charge < -0.3 is 20.0 Å². The number of aromatic amines is 1. The van der Waals surface area contributed by atoms with Crippen LogP contribution in [0.2, 0.25) is 0 Å². The molecule has 2 aromatic rings. The van der Waals surface area contributed by atoms with E-state index in [1.54, 1.807) is 16.9 Å². The molecule has 2 fully saturated rings. The summed E-state index contributed by atoms with van der Waals surface area (Å²) in [6, 6.07) is -0.699. The standard InChI is InChI=1S/C23H26F6N8O3/c1-13(33-16-11-32-34-18(38)17(16)23(27,28)29)12-37-4-2-3-15(20(37)40)19(39)35-5-7-36(8-6-35)21-30-9-14(10-31-21)22(24,25)26/h9-11,13,15H,2-8,12H2,1H3,(H2,33,34,38). The van der Waals surface area contributed by atoms with Crippen LogP contribution in [0.1, 0.15) is 30.9 Å². The van der Waals surface area contributed by atoms with Crippen molar-refractivity contribution in [2.75, 3.05) is 49.5 Å². The predicted octanol–water partition coefficient (Wildman–Crippen LogP) is 1.99. The van der Waals surface area contributed by atoms with E-state index in [1.165, 1.54) is 9.80 Å². The number of amides is 2. The molecule has 4 rings (SSSR count). The van der Waals surface area contributed by atoms with E-state index >= 15 is 0 Å². The van der Waals surface area contributed by atoms with Crippen molar-refractivity contribution < 1.29 is 35.9 Å². The summed E-state index contributed by atoms with van der Waals surface area (Å²) >= 11 is 0. The van der Waals surface area contributed by atoms with E-state index in [0.717, 1.165) is 6.20 Å². The first-order chi connectivity index (χ1) is 18.8. The molecule has 0 saturated carbocycles. The molecule has 2 saturated heterocycles. The zero-order valence-corrected chi connectivity index (χ0v) is 21.2. The molecule has 2 aliphatic heterocycles. The molecule has 0 spiro atoms. The van der Waals surface area contributed by atoms with Crippen molar-refractivity contribution in [2.45, 2.75) is 38.2 Å². The van der Waals surface area contributed by atoms with Crippen LogP contribution in [0.4, 0.5) is 38.0 Å². The summed E-state index contributed by atoms with van der Waals surface area (Å²) in [7, 11) is 0. The van der Waals surface area contributed by atoms with Gasteiger partial charge in [-0.3, -0.25) is 14.4 Å². The Kier molecular flexibility index (Phi) is 8.20. The van der Waals surface area contributed by atoms with Crippen molar-refractivity contribution in [3.05, 3.63) is 40.1 Å². The van der Waals surface area contributed by atoms with Crippen molar-refractivity contribution in [2.24, 2.45) is 5.92 Å². The lowest BCUT2D eigenvalue weighted by Gasteiger charge is -2.39. The number of rotatable bonds is 6. The first-order valence-electron chi connectivity index (χ1n) is 12.4. The number of halogens is 6. The maximum atomic E-state index is 13.3. The average molecular weight is 577 g/mol. The zero-order chi connectivity index (χ0) is 29.2. The summed E-state index contributed by atoms with van der Waals surface area (Å²) in [4.78, 5) is 50.1. The highest BCUT2D eigenvalue weighted by Crippen LogP contribution is 2.32. The molecule has 2 atom stereocenters. The molecule has 2 unspecified atom stereocenters. The summed E-state index contributed by atoms with van der Waals surface area (Å²) in [5.74, 6) is -1.69. The number of hydrogen-bond acceptors (Lipinski definition) is 8. The van der Waals surface area contributed by atoms with Gasteiger partial charge in [-0.15, -0.1) is 0 Å². The van der Waals surface area contributed by atoms with E-state index < -0.39 is 52.6 Å². The minimum absolute atomic E-state index is 0.00819. The van der Waals surface area contributed by atoms with Crippen LogP contribution < -0.4 is 15.8 Å². The van der Waals surface area contributed by atoms with Gasteiger partial charge in [0.15, 0.2) is 0 Å². The molecular formula is C23H26F6N8O3.